The van der Waals surface area contributed by atoms with Crippen LogP contribution in [0.25, 0.3) is 0 Å². The lowest BCUT2D eigenvalue weighted by Crippen LogP contribution is -2.53. The minimum Gasteiger partial charge on any atom is -0.349 e. The van der Waals surface area contributed by atoms with E-state index in [0.717, 1.165) is 38.7 Å². The fourth-order valence-electron chi connectivity index (χ4n) is 1.89. The molecule has 1 rings (SSSR count). The first kappa shape index (κ1) is 16.5. The van der Waals surface area contributed by atoms with Crippen LogP contribution in [0, 0.1) is 0 Å². The molecule has 0 atom stereocenters. The number of halogens is 1. The Bertz CT molecular complexity index is 273. The Kier molecular flexibility index (Phi) is 7.49. The van der Waals surface area contributed by atoms with Crippen molar-refractivity contribution < 1.29 is 4.79 Å². The molecule has 0 N–H and O–H groups in total. The average molecular weight is 354 g/mol. The lowest BCUT2D eigenvalue weighted by molar-refractivity contribution is -0.130. The standard InChI is InChI=1S/C11H22N4O.HI/c1-5-12-11(13(3)4)15-8-6-14(7-9-15)10(2)16;/h5-9H2,1-4H3;1H. The molecule has 1 saturated heterocycles. The number of carbonyl (C=O) groups excluding carboxylic acids is 1. The van der Waals surface area contributed by atoms with Gasteiger partial charge in [0.25, 0.3) is 0 Å². The van der Waals surface area contributed by atoms with Crippen LogP contribution in [0.4, 0.5) is 0 Å². The van der Waals surface area contributed by atoms with Gasteiger partial charge in [0.05, 0.1) is 0 Å². The first-order valence-corrected chi connectivity index (χ1v) is 5.78. The van der Waals surface area contributed by atoms with E-state index in [1.54, 1.807) is 6.92 Å². The molecule has 0 aromatic rings. The first-order chi connectivity index (χ1) is 7.56. The van der Waals surface area contributed by atoms with Crippen molar-refractivity contribution in [3.63, 3.8) is 0 Å². The topological polar surface area (TPSA) is 39.1 Å². The van der Waals surface area contributed by atoms with Crippen LogP contribution in [0.2, 0.25) is 0 Å². The van der Waals surface area contributed by atoms with Gasteiger partial charge in [-0.15, -0.1) is 24.0 Å². The highest BCUT2D eigenvalue weighted by molar-refractivity contribution is 14.0. The van der Waals surface area contributed by atoms with Crippen molar-refractivity contribution in [2.75, 3.05) is 46.8 Å². The third-order valence-corrected chi connectivity index (χ3v) is 2.71. The Morgan fingerprint density at radius 3 is 2.00 bits per heavy atom. The zero-order valence-corrected chi connectivity index (χ0v) is 13.5. The number of hydrogen-bond donors (Lipinski definition) is 0. The molecule has 1 amide bonds. The van der Waals surface area contributed by atoms with Gasteiger partial charge in [0.15, 0.2) is 5.96 Å². The minimum atomic E-state index is 0. The number of piperazine rings is 1. The summed E-state index contributed by atoms with van der Waals surface area (Å²) in [5.41, 5.74) is 0. The van der Waals surface area contributed by atoms with Crippen molar-refractivity contribution in [1.29, 1.82) is 0 Å². The van der Waals surface area contributed by atoms with Crippen LogP contribution in [0.15, 0.2) is 4.99 Å². The molecule has 1 heterocycles. The summed E-state index contributed by atoms with van der Waals surface area (Å²) in [6.07, 6.45) is 0. The molecule has 1 aliphatic rings. The molecular weight excluding hydrogens is 331 g/mol. The lowest BCUT2D eigenvalue weighted by Gasteiger charge is -2.37. The van der Waals surface area contributed by atoms with Crippen molar-refractivity contribution in [2.24, 2.45) is 4.99 Å². The normalized spacial score (nSPS) is 16.6. The smallest absolute Gasteiger partial charge is 0.219 e. The van der Waals surface area contributed by atoms with Crippen molar-refractivity contribution in [3.8, 4) is 0 Å². The van der Waals surface area contributed by atoms with Gasteiger partial charge in [-0.25, -0.2) is 0 Å². The van der Waals surface area contributed by atoms with Crippen LogP contribution in [0.5, 0.6) is 0 Å². The predicted molar refractivity (Wildman–Crippen MR) is 80.9 cm³/mol. The van der Waals surface area contributed by atoms with Gasteiger partial charge in [-0.3, -0.25) is 9.79 Å². The van der Waals surface area contributed by atoms with Crippen LogP contribution in [0.3, 0.4) is 0 Å². The van der Waals surface area contributed by atoms with E-state index in [0.29, 0.717) is 0 Å². The molecule has 17 heavy (non-hydrogen) atoms. The van der Waals surface area contributed by atoms with Gasteiger partial charge in [-0.1, -0.05) is 0 Å². The molecule has 0 aromatic carbocycles. The van der Waals surface area contributed by atoms with Gasteiger partial charge in [-0.2, -0.15) is 0 Å². The van der Waals surface area contributed by atoms with E-state index in [1.807, 2.05) is 30.8 Å². The first-order valence-electron chi connectivity index (χ1n) is 5.78. The van der Waals surface area contributed by atoms with Gasteiger partial charge in [0, 0.05) is 53.7 Å². The fraction of sp³-hybridized carbons (Fsp3) is 0.818. The third kappa shape index (κ3) is 4.69. The van der Waals surface area contributed by atoms with Gasteiger partial charge >= 0.3 is 0 Å². The number of carbonyl (C=O) groups is 1. The van der Waals surface area contributed by atoms with Crippen molar-refractivity contribution in [1.82, 2.24) is 14.7 Å². The Balaban J connectivity index is 0.00000256. The van der Waals surface area contributed by atoms with Crippen LogP contribution in [-0.2, 0) is 4.79 Å². The van der Waals surface area contributed by atoms with Gasteiger partial charge < -0.3 is 14.7 Å². The average Bonchev–Trinajstić information content (AvgIpc) is 2.25. The molecule has 0 spiro atoms. The molecule has 0 unspecified atom stereocenters. The zero-order valence-electron chi connectivity index (χ0n) is 11.1. The fourth-order valence-corrected chi connectivity index (χ4v) is 1.89. The molecular formula is C11H23IN4O. The largest absolute Gasteiger partial charge is 0.349 e. The quantitative estimate of drug-likeness (QED) is 0.396. The summed E-state index contributed by atoms with van der Waals surface area (Å²) < 4.78 is 0. The highest BCUT2D eigenvalue weighted by Crippen LogP contribution is 2.04. The number of nitrogens with zero attached hydrogens (tertiary/aromatic N) is 4. The summed E-state index contributed by atoms with van der Waals surface area (Å²) in [5.74, 6) is 1.18. The van der Waals surface area contributed by atoms with Crippen LogP contribution >= 0.6 is 24.0 Å². The summed E-state index contributed by atoms with van der Waals surface area (Å²) in [7, 11) is 4.01. The minimum absolute atomic E-state index is 0. The number of hydrogen-bond acceptors (Lipinski definition) is 2. The van der Waals surface area contributed by atoms with Gasteiger partial charge in [0.2, 0.25) is 5.91 Å². The molecule has 1 aliphatic heterocycles. The maximum atomic E-state index is 11.2. The predicted octanol–water partition coefficient (Wildman–Crippen LogP) is 0.706. The highest BCUT2D eigenvalue weighted by Gasteiger charge is 2.21. The van der Waals surface area contributed by atoms with E-state index in [2.05, 4.69) is 9.89 Å². The Labute approximate surface area is 121 Å². The van der Waals surface area contributed by atoms with Crippen LogP contribution in [-0.4, -0.2) is 73.4 Å². The zero-order chi connectivity index (χ0) is 12.1. The van der Waals surface area contributed by atoms with Gasteiger partial charge in [0.1, 0.15) is 0 Å². The number of aliphatic imine (C=N–C) groups is 1. The molecule has 0 radical (unpaired) electrons. The maximum absolute atomic E-state index is 11.2. The number of guanidine groups is 1. The van der Waals surface area contributed by atoms with E-state index in [4.69, 9.17) is 0 Å². The molecule has 0 aliphatic carbocycles. The molecule has 5 nitrogen and oxygen atoms in total. The summed E-state index contributed by atoms with van der Waals surface area (Å²) >= 11 is 0. The molecule has 0 bridgehead atoms. The summed E-state index contributed by atoms with van der Waals surface area (Å²) in [6.45, 7) is 7.80. The van der Waals surface area contributed by atoms with Crippen molar-refractivity contribution in [2.45, 2.75) is 13.8 Å². The summed E-state index contributed by atoms with van der Waals surface area (Å²) in [5, 5.41) is 0. The second-order valence-electron chi connectivity index (χ2n) is 4.16. The van der Waals surface area contributed by atoms with Crippen molar-refractivity contribution >= 4 is 35.8 Å². The van der Waals surface area contributed by atoms with E-state index in [9.17, 15) is 4.79 Å². The lowest BCUT2D eigenvalue weighted by atomic mass is 10.3. The van der Waals surface area contributed by atoms with E-state index in [-0.39, 0.29) is 29.9 Å². The monoisotopic (exact) mass is 354 g/mol. The highest BCUT2D eigenvalue weighted by atomic mass is 127. The third-order valence-electron chi connectivity index (χ3n) is 2.71. The summed E-state index contributed by atoms with van der Waals surface area (Å²) in [4.78, 5) is 21.8. The number of rotatable bonds is 1. The Hall–Kier alpha value is -0.530. The van der Waals surface area contributed by atoms with Crippen LogP contribution < -0.4 is 0 Å². The molecule has 1 fully saturated rings. The van der Waals surface area contributed by atoms with E-state index < -0.39 is 0 Å². The molecule has 0 saturated carbocycles. The SMILES string of the molecule is CCN=C(N(C)C)N1CCN(C(C)=O)CC1.I. The molecule has 100 valence electrons. The van der Waals surface area contributed by atoms with Crippen molar-refractivity contribution in [3.05, 3.63) is 0 Å². The second kappa shape index (κ2) is 7.73. The summed E-state index contributed by atoms with van der Waals surface area (Å²) in [6, 6.07) is 0. The van der Waals surface area contributed by atoms with Crippen LogP contribution in [0.1, 0.15) is 13.8 Å². The number of amides is 1. The Morgan fingerprint density at radius 2 is 1.65 bits per heavy atom. The van der Waals surface area contributed by atoms with E-state index in [1.165, 1.54) is 0 Å². The maximum Gasteiger partial charge on any atom is 0.219 e. The van der Waals surface area contributed by atoms with Gasteiger partial charge in [-0.05, 0) is 6.92 Å². The Morgan fingerprint density at radius 1 is 1.18 bits per heavy atom. The molecule has 6 heteroatoms. The molecule has 0 aromatic heterocycles. The second-order valence-corrected chi connectivity index (χ2v) is 4.16. The van der Waals surface area contributed by atoms with E-state index >= 15 is 0 Å².